The molecular formula is C70H122N2O6P+. The average molecular weight is 1120 g/mol. The molecule has 8 nitrogen and oxygen atoms in total. The summed E-state index contributed by atoms with van der Waals surface area (Å²) in [4.78, 5) is 23.3. The van der Waals surface area contributed by atoms with Crippen molar-refractivity contribution in [1.29, 1.82) is 0 Å². The normalized spacial score (nSPS) is 14.7. The monoisotopic (exact) mass is 1120 g/mol. The van der Waals surface area contributed by atoms with Gasteiger partial charge in [0, 0.05) is 6.42 Å². The predicted octanol–water partition coefficient (Wildman–Crippen LogP) is 20.3. The van der Waals surface area contributed by atoms with Crippen LogP contribution in [0.25, 0.3) is 0 Å². The zero-order valence-corrected chi connectivity index (χ0v) is 52.5. The predicted molar refractivity (Wildman–Crippen MR) is 345 cm³/mol. The fourth-order valence-corrected chi connectivity index (χ4v) is 9.39. The van der Waals surface area contributed by atoms with Crippen LogP contribution in [0.15, 0.2) is 134 Å². The summed E-state index contributed by atoms with van der Waals surface area (Å²) >= 11 is 0. The molecule has 0 aliphatic carbocycles. The first-order chi connectivity index (χ1) is 38.5. The van der Waals surface area contributed by atoms with Gasteiger partial charge in [-0.2, -0.15) is 0 Å². The highest BCUT2D eigenvalue weighted by Gasteiger charge is 2.27. The van der Waals surface area contributed by atoms with Gasteiger partial charge in [-0.15, -0.1) is 0 Å². The maximum atomic E-state index is 13.0. The molecule has 9 heteroatoms. The number of hydrogen-bond donors (Lipinski definition) is 3. The molecule has 0 radical (unpaired) electrons. The number of allylic oxidation sites excluding steroid dienone is 21. The Morgan fingerprint density at radius 3 is 1.11 bits per heavy atom. The first-order valence-electron chi connectivity index (χ1n) is 32.1. The Labute approximate surface area is 487 Å². The van der Waals surface area contributed by atoms with Crippen molar-refractivity contribution in [3.63, 3.8) is 0 Å². The van der Waals surface area contributed by atoms with Gasteiger partial charge in [0.15, 0.2) is 0 Å². The minimum atomic E-state index is -4.36. The third kappa shape index (κ3) is 62.1. The van der Waals surface area contributed by atoms with Gasteiger partial charge in [0.25, 0.3) is 0 Å². The lowest BCUT2D eigenvalue weighted by atomic mass is 10.0. The van der Waals surface area contributed by atoms with Crippen LogP contribution in [0.3, 0.4) is 0 Å². The molecular weight excluding hydrogens is 996 g/mol. The molecule has 3 N–H and O–H groups in total. The standard InChI is InChI=1S/C70H121N2O6P/c1-6-8-10-12-14-16-18-20-22-24-26-27-28-29-30-31-32-33-34-35-36-37-38-39-40-41-42-43-44-45-46-48-50-52-54-56-58-60-62-64-70(74)71-68(67-78-79(75,76)77-66-65-72(3,4)5)69(73)63-61-59-57-55-53-51-49-47-25-23-21-19-17-15-13-11-9-7-2/h8,10,14,16,20,22,26-27,29-30,32-33,35-36,38-39,41-42,44-45,61,63,68-69,73H,6-7,9,11-13,15,17-19,21,23-25,28,31,34,37,40,43,46-60,62,64-67H2,1-5H3,(H-,71,74,75,76)/p+1/b10-8-,16-14-,22-20-,27-26-,30-29-,33-32-,36-35-,39-38-,42-41-,45-44-,63-61+. The lowest BCUT2D eigenvalue weighted by Crippen LogP contribution is -2.45. The molecule has 3 unspecified atom stereocenters. The largest absolute Gasteiger partial charge is 0.472 e. The van der Waals surface area contributed by atoms with Gasteiger partial charge < -0.3 is 19.8 Å². The third-order valence-electron chi connectivity index (χ3n) is 13.6. The van der Waals surface area contributed by atoms with E-state index in [9.17, 15) is 19.4 Å². The SMILES string of the molecule is CC/C=C\C/C=C\C/C=C\C/C=C\C/C=C\C/C=C\C/C=C\C/C=C\C/C=C\C/C=C\CCCCCCCCCCC(=O)NC(COP(=O)(O)OCC[N+](C)(C)C)C(O)/C=C/CCCCCCCCCCCCCCCCCC. The first kappa shape index (κ1) is 75.6. The van der Waals surface area contributed by atoms with Crippen LogP contribution >= 0.6 is 7.82 Å². The van der Waals surface area contributed by atoms with E-state index in [1.165, 1.54) is 116 Å². The van der Waals surface area contributed by atoms with E-state index < -0.39 is 20.0 Å². The van der Waals surface area contributed by atoms with Crippen molar-refractivity contribution in [2.24, 2.45) is 0 Å². The van der Waals surface area contributed by atoms with Gasteiger partial charge in [-0.25, -0.2) is 4.57 Å². The van der Waals surface area contributed by atoms with Crippen LogP contribution in [0.4, 0.5) is 0 Å². The van der Waals surface area contributed by atoms with Crippen molar-refractivity contribution in [3.05, 3.63) is 134 Å². The van der Waals surface area contributed by atoms with Crippen LogP contribution < -0.4 is 5.32 Å². The van der Waals surface area contributed by atoms with Crippen LogP contribution in [0, 0.1) is 0 Å². The Kier molecular flexibility index (Phi) is 56.7. The summed E-state index contributed by atoms with van der Waals surface area (Å²) in [6.07, 6.45) is 89.9. The highest BCUT2D eigenvalue weighted by atomic mass is 31.2. The van der Waals surface area contributed by atoms with Crippen molar-refractivity contribution >= 4 is 13.7 Å². The maximum absolute atomic E-state index is 13.0. The average Bonchev–Trinajstić information content (AvgIpc) is 3.42. The number of rotatable bonds is 57. The molecule has 1 amide bonds. The summed E-state index contributed by atoms with van der Waals surface area (Å²) in [5, 5.41) is 14.0. The zero-order valence-electron chi connectivity index (χ0n) is 51.6. The maximum Gasteiger partial charge on any atom is 0.472 e. The van der Waals surface area contributed by atoms with Gasteiger partial charge in [0.05, 0.1) is 39.9 Å². The van der Waals surface area contributed by atoms with E-state index >= 15 is 0 Å². The summed E-state index contributed by atoms with van der Waals surface area (Å²) in [6.45, 7) is 4.70. The number of phosphoric acid groups is 1. The van der Waals surface area contributed by atoms with Crippen molar-refractivity contribution in [3.8, 4) is 0 Å². The summed E-state index contributed by atoms with van der Waals surface area (Å²) < 4.78 is 23.7. The van der Waals surface area contributed by atoms with E-state index in [1.807, 2.05) is 27.2 Å². The van der Waals surface area contributed by atoms with Crippen molar-refractivity contribution in [1.82, 2.24) is 5.32 Å². The lowest BCUT2D eigenvalue weighted by molar-refractivity contribution is -0.870. The second kappa shape index (κ2) is 59.3. The highest BCUT2D eigenvalue weighted by molar-refractivity contribution is 7.47. The van der Waals surface area contributed by atoms with Crippen LogP contribution in [0.5, 0.6) is 0 Å². The molecule has 0 aromatic heterocycles. The molecule has 0 fully saturated rings. The Hall–Kier alpha value is -3.36. The van der Waals surface area contributed by atoms with E-state index in [1.54, 1.807) is 6.08 Å². The molecule has 0 aromatic carbocycles. The number of nitrogens with one attached hydrogen (secondary N) is 1. The minimum absolute atomic E-state index is 0.0538. The van der Waals surface area contributed by atoms with Crippen molar-refractivity contribution in [2.75, 3.05) is 40.9 Å². The first-order valence-corrected chi connectivity index (χ1v) is 33.6. The smallest absolute Gasteiger partial charge is 0.387 e. The number of amides is 1. The Bertz CT molecular complexity index is 1750. The number of aliphatic hydroxyl groups excluding tert-OH is 1. The van der Waals surface area contributed by atoms with Crippen molar-refractivity contribution in [2.45, 2.75) is 264 Å². The molecule has 452 valence electrons. The van der Waals surface area contributed by atoms with Gasteiger partial charge >= 0.3 is 7.82 Å². The highest BCUT2D eigenvalue weighted by Crippen LogP contribution is 2.43. The molecule has 79 heavy (non-hydrogen) atoms. The van der Waals surface area contributed by atoms with Crippen LogP contribution in [-0.2, 0) is 18.4 Å². The minimum Gasteiger partial charge on any atom is -0.387 e. The topological polar surface area (TPSA) is 105 Å². The van der Waals surface area contributed by atoms with Gasteiger partial charge in [-0.05, 0) is 96.3 Å². The van der Waals surface area contributed by atoms with E-state index in [2.05, 4.69) is 141 Å². The molecule has 3 atom stereocenters. The molecule has 0 saturated carbocycles. The number of carbonyl (C=O) groups excluding carboxylic acids is 1. The van der Waals surface area contributed by atoms with Crippen LogP contribution in [-0.4, -0.2) is 73.4 Å². The second-order valence-electron chi connectivity index (χ2n) is 22.4. The number of quaternary nitrogens is 1. The van der Waals surface area contributed by atoms with Crippen LogP contribution in [0.1, 0.15) is 251 Å². The van der Waals surface area contributed by atoms with E-state index in [-0.39, 0.29) is 19.1 Å². The van der Waals surface area contributed by atoms with Gasteiger partial charge in [-0.3, -0.25) is 13.8 Å². The molecule has 0 heterocycles. The zero-order chi connectivity index (χ0) is 57.7. The number of carbonyl (C=O) groups is 1. The number of hydrogen-bond acceptors (Lipinski definition) is 5. The molecule has 0 aliphatic rings. The summed E-state index contributed by atoms with van der Waals surface area (Å²) in [6, 6.07) is -0.861. The Balaban J connectivity index is 4.16. The van der Waals surface area contributed by atoms with E-state index in [0.29, 0.717) is 17.4 Å². The Morgan fingerprint density at radius 2 is 0.759 bits per heavy atom. The summed E-state index contributed by atoms with van der Waals surface area (Å²) in [7, 11) is 1.55. The third-order valence-corrected chi connectivity index (χ3v) is 14.6. The molecule has 0 aliphatic heterocycles. The lowest BCUT2D eigenvalue weighted by Gasteiger charge is -2.25. The van der Waals surface area contributed by atoms with Gasteiger partial charge in [0.1, 0.15) is 13.2 Å². The van der Waals surface area contributed by atoms with Crippen molar-refractivity contribution < 1.29 is 32.9 Å². The Morgan fingerprint density at radius 1 is 0.443 bits per heavy atom. The fraction of sp³-hybridized carbons (Fsp3) is 0.671. The van der Waals surface area contributed by atoms with E-state index in [0.717, 1.165) is 116 Å². The number of aliphatic hydroxyl groups is 1. The quantitative estimate of drug-likeness (QED) is 0.0243. The van der Waals surface area contributed by atoms with E-state index in [4.69, 9.17) is 9.05 Å². The second-order valence-corrected chi connectivity index (χ2v) is 23.9. The van der Waals surface area contributed by atoms with Gasteiger partial charge in [-0.1, -0.05) is 282 Å². The van der Waals surface area contributed by atoms with Gasteiger partial charge in [0.2, 0.25) is 5.91 Å². The molecule has 0 spiro atoms. The summed E-state index contributed by atoms with van der Waals surface area (Å²) in [5.41, 5.74) is 0. The molecule has 0 rings (SSSR count). The molecule has 0 aromatic rings. The number of phosphoric ester groups is 1. The number of likely N-dealkylation sites (N-methyl/N-ethyl adjacent to an activating group) is 1. The molecule has 0 bridgehead atoms. The number of nitrogens with zero attached hydrogens (tertiary/aromatic N) is 1. The van der Waals surface area contributed by atoms with Crippen LogP contribution in [0.2, 0.25) is 0 Å². The molecule has 0 saturated heterocycles. The fourth-order valence-electron chi connectivity index (χ4n) is 8.66. The number of unbranched alkanes of at least 4 members (excludes halogenated alkanes) is 24. The summed E-state index contributed by atoms with van der Waals surface area (Å²) in [5.74, 6) is -0.190.